The van der Waals surface area contributed by atoms with Gasteiger partial charge in [-0.25, -0.2) is 21.6 Å². The average Bonchev–Trinajstić information content (AvgIpc) is 3.52. The maximum atomic E-state index is 14.0. The molecular weight excluding hydrogens is 431 g/mol. The van der Waals surface area contributed by atoms with E-state index < -0.39 is 33.5 Å². The van der Waals surface area contributed by atoms with Crippen LogP contribution in [0.5, 0.6) is 0 Å². The van der Waals surface area contributed by atoms with Crippen molar-refractivity contribution in [2.24, 2.45) is 11.7 Å². The number of sulfonamides is 1. The molecule has 2 saturated heterocycles. The lowest BCUT2D eigenvalue weighted by molar-refractivity contribution is -0.136. The van der Waals surface area contributed by atoms with Crippen molar-refractivity contribution in [3.05, 3.63) is 35.1 Å². The molecule has 1 aromatic carbocycles. The van der Waals surface area contributed by atoms with Crippen LogP contribution < -0.4 is 5.73 Å². The van der Waals surface area contributed by atoms with Gasteiger partial charge in [-0.2, -0.15) is 4.31 Å². The van der Waals surface area contributed by atoms with E-state index in [-0.39, 0.29) is 47.7 Å². The SMILES string of the molecule is CN(CC(=O)N1[C@@H]2CC[C@@H]1CC([C@H](N)Cc1cc(F)c(F)cc1F)C2)S(=O)(=O)C1CC1. The standard InChI is InChI=1S/C21H28F3N3O3S/c1-26(31(29,30)16-4-5-16)11-21(28)27-14-2-3-15(27)7-13(6-14)20(25)9-12-8-18(23)19(24)10-17(12)22/h8,10,13-16,20H,2-7,9,11,25H2,1H3/t14-,15-,20-/m1/s1. The van der Waals surface area contributed by atoms with Crippen LogP contribution in [0.3, 0.4) is 0 Å². The number of carbonyl (C=O) groups is 1. The van der Waals surface area contributed by atoms with Crippen molar-refractivity contribution >= 4 is 15.9 Å². The van der Waals surface area contributed by atoms with Crippen LogP contribution in [0, 0.1) is 23.4 Å². The molecule has 0 aromatic heterocycles. The van der Waals surface area contributed by atoms with E-state index in [4.69, 9.17) is 5.73 Å². The monoisotopic (exact) mass is 459 g/mol. The van der Waals surface area contributed by atoms with Crippen LogP contribution in [-0.4, -0.2) is 60.5 Å². The quantitative estimate of drug-likeness (QED) is 0.634. The molecule has 1 amide bonds. The first kappa shape index (κ1) is 22.5. The van der Waals surface area contributed by atoms with Gasteiger partial charge in [0.05, 0.1) is 11.8 Å². The Morgan fingerprint density at radius 3 is 2.26 bits per heavy atom. The lowest BCUT2D eigenvalue weighted by atomic mass is 9.82. The van der Waals surface area contributed by atoms with Gasteiger partial charge in [0.15, 0.2) is 11.6 Å². The molecule has 172 valence electrons. The minimum atomic E-state index is -3.41. The normalized spacial score (nSPS) is 27.0. The summed E-state index contributed by atoms with van der Waals surface area (Å²) in [6, 6.07) is 0.878. The molecule has 1 saturated carbocycles. The Bertz CT molecular complexity index is 956. The molecule has 1 aliphatic carbocycles. The van der Waals surface area contributed by atoms with Crippen LogP contribution in [0.15, 0.2) is 12.1 Å². The van der Waals surface area contributed by atoms with Crippen LogP contribution in [0.1, 0.15) is 44.1 Å². The van der Waals surface area contributed by atoms with Crippen molar-refractivity contribution < 1.29 is 26.4 Å². The zero-order valence-electron chi connectivity index (χ0n) is 17.4. The first-order valence-electron chi connectivity index (χ1n) is 10.7. The van der Waals surface area contributed by atoms with E-state index in [1.807, 2.05) is 0 Å². The Balaban J connectivity index is 1.38. The molecular formula is C21H28F3N3O3S. The van der Waals surface area contributed by atoms with Crippen molar-refractivity contribution in [1.82, 2.24) is 9.21 Å². The highest BCUT2D eigenvalue weighted by Crippen LogP contribution is 2.40. The maximum Gasteiger partial charge on any atom is 0.238 e. The highest BCUT2D eigenvalue weighted by molar-refractivity contribution is 7.90. The van der Waals surface area contributed by atoms with Crippen molar-refractivity contribution in [3.8, 4) is 0 Å². The Kier molecular flexibility index (Phi) is 6.08. The molecule has 4 rings (SSSR count). The largest absolute Gasteiger partial charge is 0.336 e. The molecule has 0 radical (unpaired) electrons. The van der Waals surface area contributed by atoms with E-state index >= 15 is 0 Å². The third-order valence-electron chi connectivity index (χ3n) is 6.95. The number of fused-ring (bicyclic) bond motifs is 2. The summed E-state index contributed by atoms with van der Waals surface area (Å²) in [4.78, 5) is 14.7. The zero-order chi connectivity index (χ0) is 22.5. The smallest absolute Gasteiger partial charge is 0.238 e. The number of hydrogen-bond acceptors (Lipinski definition) is 4. The van der Waals surface area contributed by atoms with Crippen LogP contribution in [0.2, 0.25) is 0 Å². The summed E-state index contributed by atoms with van der Waals surface area (Å²) < 4.78 is 66.5. The minimum absolute atomic E-state index is 0.0157. The fourth-order valence-corrected chi connectivity index (χ4v) is 6.63. The summed E-state index contributed by atoms with van der Waals surface area (Å²) in [7, 11) is -1.96. The molecule has 10 heteroatoms. The molecule has 2 N–H and O–H groups in total. The van der Waals surface area contributed by atoms with Gasteiger partial charge in [-0.05, 0) is 62.5 Å². The van der Waals surface area contributed by atoms with Crippen molar-refractivity contribution in [1.29, 1.82) is 0 Å². The van der Waals surface area contributed by atoms with Crippen molar-refractivity contribution in [3.63, 3.8) is 0 Å². The number of carbonyl (C=O) groups excluding carboxylic acids is 1. The van der Waals surface area contributed by atoms with Gasteiger partial charge in [0.1, 0.15) is 5.82 Å². The number of benzene rings is 1. The zero-order valence-corrected chi connectivity index (χ0v) is 18.3. The fourth-order valence-electron chi connectivity index (χ4n) is 5.10. The van der Waals surface area contributed by atoms with Crippen LogP contribution in [-0.2, 0) is 21.2 Å². The second kappa shape index (κ2) is 8.37. The molecule has 0 unspecified atom stereocenters. The van der Waals surface area contributed by atoms with E-state index in [1.165, 1.54) is 7.05 Å². The summed E-state index contributed by atoms with van der Waals surface area (Å²) in [5.74, 6) is -3.33. The molecule has 3 aliphatic rings. The van der Waals surface area contributed by atoms with Gasteiger partial charge < -0.3 is 10.6 Å². The lowest BCUT2D eigenvalue weighted by Crippen LogP contribution is -2.53. The number of hydrogen-bond donors (Lipinski definition) is 1. The first-order valence-corrected chi connectivity index (χ1v) is 12.2. The van der Waals surface area contributed by atoms with Gasteiger partial charge in [-0.1, -0.05) is 0 Å². The number of piperidine rings is 1. The van der Waals surface area contributed by atoms with Gasteiger partial charge in [-0.15, -0.1) is 0 Å². The molecule has 2 heterocycles. The van der Waals surface area contributed by atoms with E-state index in [0.29, 0.717) is 31.7 Å². The average molecular weight is 460 g/mol. The number of likely N-dealkylation sites (N-methyl/N-ethyl adjacent to an activating group) is 1. The van der Waals surface area contributed by atoms with Gasteiger partial charge in [0.25, 0.3) is 0 Å². The number of rotatable bonds is 7. The minimum Gasteiger partial charge on any atom is -0.336 e. The van der Waals surface area contributed by atoms with E-state index in [9.17, 15) is 26.4 Å². The molecule has 6 nitrogen and oxygen atoms in total. The predicted octanol–water partition coefficient (Wildman–Crippen LogP) is 2.17. The number of amides is 1. The van der Waals surface area contributed by atoms with Gasteiger partial charge in [-0.3, -0.25) is 4.79 Å². The Hall–Kier alpha value is -1.65. The Morgan fingerprint density at radius 1 is 1.10 bits per heavy atom. The lowest BCUT2D eigenvalue weighted by Gasteiger charge is -2.41. The molecule has 2 bridgehead atoms. The summed E-state index contributed by atoms with van der Waals surface area (Å²) in [5.41, 5.74) is 6.36. The third kappa shape index (κ3) is 4.47. The topological polar surface area (TPSA) is 83.7 Å². The fraction of sp³-hybridized carbons (Fsp3) is 0.667. The number of nitrogens with zero attached hydrogens (tertiary/aromatic N) is 2. The van der Waals surface area contributed by atoms with Crippen LogP contribution >= 0.6 is 0 Å². The second-order valence-electron chi connectivity index (χ2n) is 9.14. The van der Waals surface area contributed by atoms with Crippen LogP contribution in [0.4, 0.5) is 13.2 Å². The van der Waals surface area contributed by atoms with Gasteiger partial charge >= 0.3 is 0 Å². The van der Waals surface area contributed by atoms with Gasteiger partial charge in [0.2, 0.25) is 15.9 Å². The first-order chi connectivity index (χ1) is 14.6. The predicted molar refractivity (Wildman–Crippen MR) is 109 cm³/mol. The number of halogens is 3. The summed E-state index contributed by atoms with van der Waals surface area (Å²) in [6.45, 7) is -0.164. The Morgan fingerprint density at radius 2 is 1.68 bits per heavy atom. The molecule has 0 spiro atoms. The second-order valence-corrected chi connectivity index (χ2v) is 11.5. The van der Waals surface area contributed by atoms with Crippen molar-refractivity contribution in [2.75, 3.05) is 13.6 Å². The number of nitrogens with two attached hydrogens (primary N) is 1. The van der Waals surface area contributed by atoms with Crippen molar-refractivity contribution in [2.45, 2.75) is 68.3 Å². The molecule has 3 fully saturated rings. The third-order valence-corrected chi connectivity index (χ3v) is 9.26. The van der Waals surface area contributed by atoms with E-state index in [2.05, 4.69) is 0 Å². The molecule has 3 atom stereocenters. The summed E-state index contributed by atoms with van der Waals surface area (Å²) >= 11 is 0. The van der Waals surface area contributed by atoms with E-state index in [1.54, 1.807) is 4.90 Å². The highest BCUT2D eigenvalue weighted by atomic mass is 32.2. The summed E-state index contributed by atoms with van der Waals surface area (Å²) in [6.07, 6.45) is 4.28. The molecule has 2 aliphatic heterocycles. The van der Waals surface area contributed by atoms with E-state index in [0.717, 1.165) is 23.2 Å². The van der Waals surface area contributed by atoms with Crippen LogP contribution in [0.25, 0.3) is 0 Å². The highest BCUT2D eigenvalue weighted by Gasteiger charge is 2.46. The maximum absolute atomic E-state index is 14.0. The molecule has 31 heavy (non-hydrogen) atoms. The Labute approximate surface area is 180 Å². The van der Waals surface area contributed by atoms with Gasteiger partial charge in [0, 0.05) is 31.2 Å². The molecule has 1 aromatic rings. The summed E-state index contributed by atoms with van der Waals surface area (Å²) in [5, 5.41) is -0.359.